The Kier molecular flexibility index (Phi) is 12.2. The first-order valence-electron chi connectivity index (χ1n) is 15.7. The van der Waals surface area contributed by atoms with Crippen molar-refractivity contribution in [2.75, 3.05) is 75.1 Å². The van der Waals surface area contributed by atoms with E-state index in [1.54, 1.807) is 11.0 Å². The van der Waals surface area contributed by atoms with Gasteiger partial charge in [0.15, 0.2) is 0 Å². The molecule has 2 saturated heterocycles. The summed E-state index contributed by atoms with van der Waals surface area (Å²) in [7, 11) is 13.0. The standard InChI is InChI=1S/C32H53N5O5/c1-36(2,3)18-11-8-7-10-17-33-30(39)26-23-28-31(40)34-27(16-9-12-19-37(4,5)6)32(41)35(28)29(26)24-14-13-15-25(22-24)42-21-20-38/h13-15,22,26-29,38H,7-12,16-21,23H2,1-6H3/p+2/t26-,27-,28-,29-/m0/s1. The number of piperazine rings is 1. The van der Waals surface area contributed by atoms with Gasteiger partial charge >= 0.3 is 0 Å². The maximum absolute atomic E-state index is 13.9. The van der Waals surface area contributed by atoms with Crippen molar-refractivity contribution in [3.63, 3.8) is 0 Å². The molecule has 0 radical (unpaired) electrons. The minimum Gasteiger partial charge on any atom is -0.491 e. The van der Waals surface area contributed by atoms with Gasteiger partial charge in [0, 0.05) is 6.54 Å². The van der Waals surface area contributed by atoms with Gasteiger partial charge in [-0.15, -0.1) is 0 Å². The zero-order valence-electron chi connectivity index (χ0n) is 26.7. The predicted molar refractivity (Wildman–Crippen MR) is 164 cm³/mol. The molecule has 2 aliphatic rings. The molecule has 236 valence electrons. The number of ether oxygens (including phenoxy) is 1. The topological polar surface area (TPSA) is 108 Å². The second kappa shape index (κ2) is 15.2. The molecule has 2 heterocycles. The summed E-state index contributed by atoms with van der Waals surface area (Å²) < 4.78 is 7.45. The summed E-state index contributed by atoms with van der Waals surface area (Å²) in [5.74, 6) is -0.417. The third-order valence-electron chi connectivity index (χ3n) is 8.19. The number of quaternary nitrogens is 2. The number of aliphatic hydroxyl groups is 1. The first-order chi connectivity index (χ1) is 19.8. The average Bonchev–Trinajstić information content (AvgIpc) is 3.33. The minimum atomic E-state index is -0.682. The number of hydrogen-bond donors (Lipinski definition) is 3. The number of aliphatic hydroxyl groups excluding tert-OH is 1. The van der Waals surface area contributed by atoms with Crippen molar-refractivity contribution in [1.82, 2.24) is 15.5 Å². The van der Waals surface area contributed by atoms with Gasteiger partial charge in [-0.05, 0) is 62.6 Å². The zero-order chi connectivity index (χ0) is 30.9. The van der Waals surface area contributed by atoms with Gasteiger partial charge in [-0.1, -0.05) is 18.6 Å². The molecule has 42 heavy (non-hydrogen) atoms. The summed E-state index contributed by atoms with van der Waals surface area (Å²) in [6.07, 6.45) is 6.87. The van der Waals surface area contributed by atoms with E-state index in [9.17, 15) is 19.5 Å². The van der Waals surface area contributed by atoms with Crippen LogP contribution in [0.3, 0.4) is 0 Å². The Morgan fingerprint density at radius 2 is 1.67 bits per heavy atom. The van der Waals surface area contributed by atoms with Crippen molar-refractivity contribution in [2.24, 2.45) is 5.92 Å². The number of carbonyl (C=O) groups is 3. The number of nitrogens with zero attached hydrogens (tertiary/aromatic N) is 3. The van der Waals surface area contributed by atoms with Crippen molar-refractivity contribution in [1.29, 1.82) is 0 Å². The molecule has 0 unspecified atom stereocenters. The molecular formula is C32H55N5O5+2. The average molecular weight is 590 g/mol. The predicted octanol–water partition coefficient (Wildman–Crippen LogP) is 2.07. The van der Waals surface area contributed by atoms with Crippen LogP contribution in [-0.2, 0) is 14.4 Å². The normalized spacial score (nSPS) is 22.6. The highest BCUT2D eigenvalue weighted by Gasteiger charge is 2.54. The van der Waals surface area contributed by atoms with Crippen molar-refractivity contribution in [3.8, 4) is 5.75 Å². The largest absolute Gasteiger partial charge is 0.491 e. The van der Waals surface area contributed by atoms with Gasteiger partial charge in [0.1, 0.15) is 24.4 Å². The number of rotatable bonds is 17. The highest BCUT2D eigenvalue weighted by atomic mass is 16.5. The van der Waals surface area contributed by atoms with Crippen LogP contribution in [0.1, 0.15) is 63.0 Å². The zero-order valence-corrected chi connectivity index (χ0v) is 26.7. The van der Waals surface area contributed by atoms with Crippen LogP contribution in [0.5, 0.6) is 5.75 Å². The Bertz CT molecular complexity index is 1050. The van der Waals surface area contributed by atoms with Gasteiger partial charge in [0.2, 0.25) is 17.7 Å². The van der Waals surface area contributed by atoms with Gasteiger partial charge in [-0.25, -0.2) is 0 Å². The summed E-state index contributed by atoms with van der Waals surface area (Å²) in [4.78, 5) is 42.5. The molecule has 0 bridgehead atoms. The van der Waals surface area contributed by atoms with Crippen molar-refractivity contribution >= 4 is 17.7 Å². The molecule has 3 amide bonds. The molecule has 0 aromatic heterocycles. The second-order valence-electron chi connectivity index (χ2n) is 14.0. The SMILES string of the molecule is C[N+](C)(C)CCCCCCNC(=O)[C@H]1C[C@H]2C(=O)N[C@@H](CCCC[N+](C)(C)C)C(=O)N2[C@H]1c1cccc(OCCO)c1. The van der Waals surface area contributed by atoms with E-state index in [-0.39, 0.29) is 37.4 Å². The van der Waals surface area contributed by atoms with Crippen molar-refractivity contribution in [2.45, 2.75) is 69.5 Å². The number of hydrogen-bond acceptors (Lipinski definition) is 5. The fraction of sp³-hybridized carbons (Fsp3) is 0.719. The molecule has 0 spiro atoms. The molecule has 0 saturated carbocycles. The van der Waals surface area contributed by atoms with Crippen LogP contribution in [-0.4, -0.2) is 124 Å². The summed E-state index contributed by atoms with van der Waals surface area (Å²) >= 11 is 0. The van der Waals surface area contributed by atoms with Crippen LogP contribution in [0, 0.1) is 5.92 Å². The Labute approximate surface area is 252 Å². The number of carbonyl (C=O) groups excluding carboxylic acids is 3. The smallest absolute Gasteiger partial charge is 0.246 e. The highest BCUT2D eigenvalue weighted by molar-refractivity contribution is 5.99. The van der Waals surface area contributed by atoms with Gasteiger partial charge in [-0.3, -0.25) is 14.4 Å². The molecule has 1 aromatic carbocycles. The van der Waals surface area contributed by atoms with E-state index < -0.39 is 24.0 Å². The van der Waals surface area contributed by atoms with Gasteiger partial charge < -0.3 is 34.3 Å². The van der Waals surface area contributed by atoms with Gasteiger partial charge in [-0.2, -0.15) is 0 Å². The van der Waals surface area contributed by atoms with Crippen LogP contribution >= 0.6 is 0 Å². The molecule has 3 rings (SSSR count). The van der Waals surface area contributed by atoms with E-state index in [1.807, 2.05) is 18.2 Å². The molecule has 1 aromatic rings. The van der Waals surface area contributed by atoms with Crippen LogP contribution in [0.2, 0.25) is 0 Å². The Hall–Kier alpha value is -2.69. The monoisotopic (exact) mass is 589 g/mol. The lowest BCUT2D eigenvalue weighted by molar-refractivity contribution is -0.870. The quantitative estimate of drug-likeness (QED) is 0.191. The van der Waals surface area contributed by atoms with Crippen LogP contribution in [0.25, 0.3) is 0 Å². The highest BCUT2D eigenvalue weighted by Crippen LogP contribution is 2.44. The van der Waals surface area contributed by atoms with Gasteiger partial charge in [0.05, 0.1) is 73.9 Å². The fourth-order valence-electron chi connectivity index (χ4n) is 6.04. The number of unbranched alkanes of at least 4 members (excludes halogenated alkanes) is 4. The first kappa shape index (κ1) is 33.8. The molecule has 2 fully saturated rings. The van der Waals surface area contributed by atoms with E-state index in [0.29, 0.717) is 18.7 Å². The third kappa shape index (κ3) is 9.95. The maximum Gasteiger partial charge on any atom is 0.246 e. The fourth-order valence-corrected chi connectivity index (χ4v) is 6.04. The molecule has 3 N–H and O–H groups in total. The lowest BCUT2D eigenvalue weighted by Crippen LogP contribution is -2.61. The summed E-state index contributed by atoms with van der Waals surface area (Å²) in [5.41, 5.74) is 0.764. The minimum absolute atomic E-state index is 0.114. The van der Waals surface area contributed by atoms with Crippen LogP contribution in [0.4, 0.5) is 0 Å². The molecule has 10 heteroatoms. The lowest BCUT2D eigenvalue weighted by atomic mass is 9.92. The van der Waals surface area contributed by atoms with Crippen molar-refractivity contribution < 1.29 is 33.2 Å². The van der Waals surface area contributed by atoms with Crippen molar-refractivity contribution in [3.05, 3.63) is 29.8 Å². The van der Waals surface area contributed by atoms with Crippen LogP contribution in [0.15, 0.2) is 24.3 Å². The van der Waals surface area contributed by atoms with E-state index >= 15 is 0 Å². The van der Waals surface area contributed by atoms with E-state index in [2.05, 4.69) is 52.9 Å². The number of fused-ring (bicyclic) bond motifs is 1. The Morgan fingerprint density at radius 3 is 2.33 bits per heavy atom. The molecule has 2 aliphatic heterocycles. The molecule has 10 nitrogen and oxygen atoms in total. The Balaban J connectivity index is 1.73. The number of nitrogens with one attached hydrogen (secondary N) is 2. The Morgan fingerprint density at radius 1 is 1.00 bits per heavy atom. The summed E-state index contributed by atoms with van der Waals surface area (Å²) in [6, 6.07) is 5.50. The third-order valence-corrected chi connectivity index (χ3v) is 8.19. The first-order valence-corrected chi connectivity index (χ1v) is 15.7. The number of benzene rings is 1. The van der Waals surface area contributed by atoms with E-state index in [0.717, 1.165) is 66.1 Å². The lowest BCUT2D eigenvalue weighted by Gasteiger charge is -2.38. The second-order valence-corrected chi connectivity index (χ2v) is 14.0. The molecular weight excluding hydrogens is 534 g/mol. The summed E-state index contributed by atoms with van der Waals surface area (Å²) in [5, 5.41) is 15.3. The molecule has 0 aliphatic carbocycles. The van der Waals surface area contributed by atoms with E-state index in [4.69, 9.17) is 4.74 Å². The van der Waals surface area contributed by atoms with Crippen LogP contribution < -0.4 is 15.4 Å². The molecule has 4 atom stereocenters. The maximum atomic E-state index is 13.9. The summed E-state index contributed by atoms with van der Waals surface area (Å²) in [6.45, 7) is 2.72. The van der Waals surface area contributed by atoms with Gasteiger partial charge in [0.25, 0.3) is 0 Å². The number of amides is 3. The van der Waals surface area contributed by atoms with E-state index in [1.165, 1.54) is 0 Å².